The molecule has 0 bridgehead atoms. The van der Waals surface area contributed by atoms with Gasteiger partial charge in [0.25, 0.3) is 11.5 Å². The van der Waals surface area contributed by atoms with E-state index in [0.717, 1.165) is 27.8 Å². The van der Waals surface area contributed by atoms with Gasteiger partial charge < -0.3 is 19.4 Å². The standard InChI is InChI=1S/C24H23FN4O5/c25-19-4-2-1-3-17(19)14-29-23(31)18(12-26-24(29)32)22(30)28-9-7-27(8-10-28)13-16-5-6-20-21(11-16)34-15-33-20/h1-6,11-12H,7-10,13-15H2,(H,26,32). The van der Waals surface area contributed by atoms with Crippen LogP contribution in [0, 0.1) is 5.82 Å². The zero-order chi connectivity index (χ0) is 23.7. The minimum absolute atomic E-state index is 0.139. The highest BCUT2D eigenvalue weighted by Gasteiger charge is 2.26. The average Bonchev–Trinajstić information content (AvgIpc) is 3.31. The Balaban J connectivity index is 1.26. The van der Waals surface area contributed by atoms with Crippen molar-refractivity contribution in [2.75, 3.05) is 33.0 Å². The number of fused-ring (bicyclic) bond motifs is 1. The highest BCUT2D eigenvalue weighted by atomic mass is 19.1. The Morgan fingerprint density at radius 1 is 0.971 bits per heavy atom. The van der Waals surface area contributed by atoms with E-state index in [-0.39, 0.29) is 24.5 Å². The summed E-state index contributed by atoms with van der Waals surface area (Å²) in [5, 5.41) is 0. The van der Waals surface area contributed by atoms with Gasteiger partial charge in [-0.1, -0.05) is 24.3 Å². The second-order valence-electron chi connectivity index (χ2n) is 8.25. The van der Waals surface area contributed by atoms with E-state index >= 15 is 0 Å². The fraction of sp³-hybridized carbons (Fsp3) is 0.292. The topological polar surface area (TPSA) is 96.9 Å². The lowest BCUT2D eigenvalue weighted by Gasteiger charge is -2.34. The molecule has 2 aliphatic rings. The van der Waals surface area contributed by atoms with Crippen LogP contribution in [0.15, 0.2) is 58.3 Å². The summed E-state index contributed by atoms with van der Waals surface area (Å²) in [5.74, 6) is 0.493. The lowest BCUT2D eigenvalue weighted by Crippen LogP contribution is -2.50. The van der Waals surface area contributed by atoms with Gasteiger partial charge in [0.2, 0.25) is 6.79 Å². The zero-order valence-electron chi connectivity index (χ0n) is 18.3. The summed E-state index contributed by atoms with van der Waals surface area (Å²) in [6.45, 7) is 2.81. The summed E-state index contributed by atoms with van der Waals surface area (Å²) in [4.78, 5) is 44.5. The number of carbonyl (C=O) groups is 1. The number of aromatic amines is 1. The fourth-order valence-electron chi connectivity index (χ4n) is 4.18. The van der Waals surface area contributed by atoms with Crippen LogP contribution in [-0.2, 0) is 13.1 Å². The fourth-order valence-corrected chi connectivity index (χ4v) is 4.18. The predicted octanol–water partition coefficient (Wildman–Crippen LogP) is 1.41. The van der Waals surface area contributed by atoms with Gasteiger partial charge in [-0.2, -0.15) is 0 Å². The van der Waals surface area contributed by atoms with Gasteiger partial charge >= 0.3 is 5.69 Å². The summed E-state index contributed by atoms with van der Waals surface area (Å²) in [6.07, 6.45) is 1.14. The molecule has 3 aromatic rings. The SMILES string of the molecule is O=C(c1c[nH]c(=O)n(Cc2ccccc2F)c1=O)N1CCN(Cc2ccc3c(c2)OCO3)CC1. The number of hydrogen-bond acceptors (Lipinski definition) is 6. The maximum Gasteiger partial charge on any atom is 0.328 e. The van der Waals surface area contributed by atoms with E-state index in [9.17, 15) is 18.8 Å². The van der Waals surface area contributed by atoms with Crippen LogP contribution in [-0.4, -0.2) is 58.2 Å². The molecule has 1 amide bonds. The molecule has 1 N–H and O–H groups in total. The number of halogens is 1. The number of H-pyrrole nitrogens is 1. The summed E-state index contributed by atoms with van der Waals surface area (Å²) < 4.78 is 25.6. The first-order valence-electron chi connectivity index (χ1n) is 11.0. The molecule has 1 aromatic heterocycles. The van der Waals surface area contributed by atoms with E-state index in [1.807, 2.05) is 18.2 Å². The number of rotatable bonds is 5. The van der Waals surface area contributed by atoms with Gasteiger partial charge in [-0.15, -0.1) is 0 Å². The molecule has 3 heterocycles. The number of nitrogens with zero attached hydrogens (tertiary/aromatic N) is 3. The number of nitrogens with one attached hydrogen (secondary N) is 1. The molecule has 2 aromatic carbocycles. The van der Waals surface area contributed by atoms with Crippen LogP contribution in [0.1, 0.15) is 21.5 Å². The van der Waals surface area contributed by atoms with Crippen LogP contribution in [0.3, 0.4) is 0 Å². The van der Waals surface area contributed by atoms with Crippen molar-refractivity contribution in [3.8, 4) is 11.5 Å². The van der Waals surface area contributed by atoms with Gasteiger partial charge in [0.1, 0.15) is 11.4 Å². The van der Waals surface area contributed by atoms with Crippen LogP contribution >= 0.6 is 0 Å². The lowest BCUT2D eigenvalue weighted by atomic mass is 10.1. The average molecular weight is 466 g/mol. The number of amides is 1. The van der Waals surface area contributed by atoms with Crippen LogP contribution in [0.4, 0.5) is 4.39 Å². The maximum atomic E-state index is 14.0. The number of piperazine rings is 1. The lowest BCUT2D eigenvalue weighted by molar-refractivity contribution is 0.0625. The molecule has 0 saturated carbocycles. The van der Waals surface area contributed by atoms with Gasteiger partial charge in [0, 0.05) is 44.5 Å². The van der Waals surface area contributed by atoms with E-state index in [1.54, 1.807) is 11.0 Å². The number of hydrogen-bond donors (Lipinski definition) is 1. The van der Waals surface area contributed by atoms with Gasteiger partial charge in [0.05, 0.1) is 6.54 Å². The van der Waals surface area contributed by atoms with E-state index in [2.05, 4.69) is 9.88 Å². The molecule has 1 fully saturated rings. The largest absolute Gasteiger partial charge is 0.454 e. The van der Waals surface area contributed by atoms with Gasteiger partial charge in [-0.05, 0) is 23.8 Å². The number of benzene rings is 2. The molecule has 1 saturated heterocycles. The maximum absolute atomic E-state index is 14.0. The summed E-state index contributed by atoms with van der Waals surface area (Å²) in [5.41, 5.74) is -0.296. The Labute approximate surface area is 193 Å². The Morgan fingerprint density at radius 3 is 2.53 bits per heavy atom. The normalized spacial score (nSPS) is 15.5. The minimum Gasteiger partial charge on any atom is -0.454 e. The first kappa shape index (κ1) is 21.9. The van der Waals surface area contributed by atoms with Crippen molar-refractivity contribution in [2.24, 2.45) is 0 Å². The zero-order valence-corrected chi connectivity index (χ0v) is 18.3. The highest BCUT2D eigenvalue weighted by molar-refractivity contribution is 5.93. The minimum atomic E-state index is -0.736. The molecule has 0 atom stereocenters. The van der Waals surface area contributed by atoms with Crippen LogP contribution in [0.5, 0.6) is 11.5 Å². The molecule has 34 heavy (non-hydrogen) atoms. The summed E-state index contributed by atoms with van der Waals surface area (Å²) in [7, 11) is 0. The van der Waals surface area contributed by atoms with Crippen LogP contribution in [0.25, 0.3) is 0 Å². The van der Waals surface area contributed by atoms with E-state index in [1.165, 1.54) is 18.2 Å². The van der Waals surface area contributed by atoms with Crippen molar-refractivity contribution in [2.45, 2.75) is 13.1 Å². The Hall–Kier alpha value is -3.92. The van der Waals surface area contributed by atoms with Gasteiger partial charge in [0.15, 0.2) is 11.5 Å². The molecule has 10 heteroatoms. The van der Waals surface area contributed by atoms with Gasteiger partial charge in [-0.25, -0.2) is 9.18 Å². The van der Waals surface area contributed by atoms with Gasteiger partial charge in [-0.3, -0.25) is 19.1 Å². The number of ether oxygens (including phenoxy) is 2. The molecule has 9 nitrogen and oxygen atoms in total. The third-order valence-electron chi connectivity index (χ3n) is 6.08. The molecule has 176 valence electrons. The molecule has 0 unspecified atom stereocenters. The third kappa shape index (κ3) is 4.32. The summed E-state index contributed by atoms with van der Waals surface area (Å²) in [6, 6.07) is 11.7. The first-order chi connectivity index (χ1) is 16.5. The Bertz CT molecular complexity index is 1340. The Morgan fingerprint density at radius 2 is 1.74 bits per heavy atom. The molecular formula is C24H23FN4O5. The van der Waals surface area contributed by atoms with E-state index in [0.29, 0.717) is 32.7 Å². The van der Waals surface area contributed by atoms with Crippen molar-refractivity contribution in [1.29, 1.82) is 0 Å². The molecule has 2 aliphatic heterocycles. The highest BCUT2D eigenvalue weighted by Crippen LogP contribution is 2.32. The Kier molecular flexibility index (Phi) is 5.89. The molecule has 0 spiro atoms. The van der Waals surface area contributed by atoms with Crippen molar-refractivity contribution in [3.63, 3.8) is 0 Å². The molecule has 5 rings (SSSR count). The third-order valence-corrected chi connectivity index (χ3v) is 6.08. The predicted molar refractivity (Wildman–Crippen MR) is 121 cm³/mol. The second kappa shape index (κ2) is 9.14. The number of aromatic nitrogens is 2. The second-order valence-corrected chi connectivity index (χ2v) is 8.25. The van der Waals surface area contributed by atoms with Crippen LogP contribution < -0.4 is 20.7 Å². The smallest absolute Gasteiger partial charge is 0.328 e. The van der Waals surface area contributed by atoms with Crippen molar-refractivity contribution >= 4 is 5.91 Å². The quantitative estimate of drug-likeness (QED) is 0.611. The van der Waals surface area contributed by atoms with Crippen LogP contribution in [0.2, 0.25) is 0 Å². The number of carbonyl (C=O) groups excluding carboxylic acids is 1. The molecule has 0 radical (unpaired) electrons. The van der Waals surface area contributed by atoms with E-state index < -0.39 is 23.0 Å². The van der Waals surface area contributed by atoms with E-state index in [4.69, 9.17) is 9.47 Å². The van der Waals surface area contributed by atoms with Crippen molar-refractivity contribution < 1.29 is 18.7 Å². The monoisotopic (exact) mass is 466 g/mol. The molecular weight excluding hydrogens is 443 g/mol. The van der Waals surface area contributed by atoms with Crippen molar-refractivity contribution in [1.82, 2.24) is 19.4 Å². The summed E-state index contributed by atoms with van der Waals surface area (Å²) >= 11 is 0. The molecule has 0 aliphatic carbocycles. The van der Waals surface area contributed by atoms with Crippen molar-refractivity contribution in [3.05, 3.63) is 92.0 Å². The first-order valence-corrected chi connectivity index (χ1v) is 11.0.